The number of benzene rings is 1. The lowest BCUT2D eigenvalue weighted by atomic mass is 10.1. The number of nitrogens with one attached hydrogen (secondary N) is 2. The topological polar surface area (TPSA) is 84.3 Å². The summed E-state index contributed by atoms with van der Waals surface area (Å²) in [5.74, 6) is -0.360. The Morgan fingerprint density at radius 3 is 2.27 bits per heavy atom. The van der Waals surface area contributed by atoms with Crippen molar-refractivity contribution >= 4 is 28.9 Å². The van der Waals surface area contributed by atoms with E-state index in [1.807, 2.05) is 0 Å². The zero-order valence-electron chi connectivity index (χ0n) is 12.2. The Kier molecular flexibility index (Phi) is 5.83. The molecule has 1 aliphatic rings. The molecule has 22 heavy (non-hydrogen) atoms. The first-order valence-corrected chi connectivity index (χ1v) is 7.83. The third-order valence-electron chi connectivity index (χ3n) is 3.76. The first kappa shape index (κ1) is 16.4. The van der Waals surface area contributed by atoms with E-state index in [1.54, 1.807) is 0 Å². The molecule has 1 aromatic carbocycles. The van der Waals surface area contributed by atoms with Gasteiger partial charge in [-0.2, -0.15) is 0 Å². The van der Waals surface area contributed by atoms with Gasteiger partial charge >= 0.3 is 0 Å². The van der Waals surface area contributed by atoms with Crippen molar-refractivity contribution < 1.29 is 9.72 Å². The van der Waals surface area contributed by atoms with Crippen LogP contribution in [0.15, 0.2) is 24.3 Å². The second kappa shape index (κ2) is 7.84. The van der Waals surface area contributed by atoms with Gasteiger partial charge in [0.25, 0.3) is 11.6 Å². The number of carbonyl (C=O) groups is 1. The Morgan fingerprint density at radius 2 is 1.73 bits per heavy atom. The zero-order chi connectivity index (χ0) is 15.9. The van der Waals surface area contributed by atoms with Gasteiger partial charge in [0.15, 0.2) is 5.11 Å². The molecular weight excluding hydrogens is 302 g/mol. The van der Waals surface area contributed by atoms with Gasteiger partial charge in [-0.1, -0.05) is 25.7 Å². The molecule has 0 bridgehead atoms. The summed E-state index contributed by atoms with van der Waals surface area (Å²) in [7, 11) is 0. The maximum absolute atomic E-state index is 12.0. The van der Waals surface area contributed by atoms with Gasteiger partial charge in [0.1, 0.15) is 0 Å². The van der Waals surface area contributed by atoms with E-state index >= 15 is 0 Å². The van der Waals surface area contributed by atoms with Gasteiger partial charge in [-0.25, -0.2) is 0 Å². The maximum Gasteiger partial charge on any atom is 0.269 e. The van der Waals surface area contributed by atoms with Crippen molar-refractivity contribution in [3.8, 4) is 0 Å². The second-order valence-electron chi connectivity index (χ2n) is 5.42. The zero-order valence-corrected chi connectivity index (χ0v) is 13.0. The summed E-state index contributed by atoms with van der Waals surface area (Å²) in [5.41, 5.74) is 0.298. The Labute approximate surface area is 134 Å². The van der Waals surface area contributed by atoms with Crippen molar-refractivity contribution in [3.63, 3.8) is 0 Å². The number of nitro groups is 1. The molecule has 6 nitrogen and oxygen atoms in total. The molecule has 0 radical (unpaired) electrons. The van der Waals surface area contributed by atoms with Crippen molar-refractivity contribution in [2.24, 2.45) is 0 Å². The lowest BCUT2D eigenvalue weighted by Crippen LogP contribution is -2.44. The Balaban J connectivity index is 1.87. The predicted octanol–water partition coefficient (Wildman–Crippen LogP) is 2.92. The molecule has 118 valence electrons. The maximum atomic E-state index is 12.0. The molecule has 0 aromatic heterocycles. The van der Waals surface area contributed by atoms with Crippen LogP contribution in [-0.2, 0) is 0 Å². The Morgan fingerprint density at radius 1 is 1.14 bits per heavy atom. The number of thiocarbonyl (C=S) groups is 1. The monoisotopic (exact) mass is 321 g/mol. The van der Waals surface area contributed by atoms with Crippen LogP contribution in [0, 0.1) is 10.1 Å². The Hall–Kier alpha value is -2.02. The highest BCUT2D eigenvalue weighted by Crippen LogP contribution is 2.17. The minimum atomic E-state index is -0.500. The highest BCUT2D eigenvalue weighted by molar-refractivity contribution is 7.80. The average Bonchev–Trinajstić information content (AvgIpc) is 2.75. The van der Waals surface area contributed by atoms with Gasteiger partial charge in [0, 0.05) is 23.7 Å². The largest absolute Gasteiger partial charge is 0.360 e. The summed E-state index contributed by atoms with van der Waals surface area (Å²) in [6, 6.07) is 5.75. The number of nitrogens with zero attached hydrogens (tertiary/aromatic N) is 1. The molecule has 1 aliphatic carbocycles. The molecule has 7 heteroatoms. The van der Waals surface area contributed by atoms with Crippen LogP contribution < -0.4 is 10.6 Å². The highest BCUT2D eigenvalue weighted by Gasteiger charge is 2.15. The number of non-ortho nitro benzene ring substituents is 1. The van der Waals surface area contributed by atoms with Crippen molar-refractivity contribution in [3.05, 3.63) is 39.9 Å². The molecule has 1 aromatic rings. The second-order valence-corrected chi connectivity index (χ2v) is 5.83. The summed E-state index contributed by atoms with van der Waals surface area (Å²) < 4.78 is 0. The van der Waals surface area contributed by atoms with Crippen molar-refractivity contribution in [2.45, 2.75) is 44.6 Å². The van der Waals surface area contributed by atoms with Crippen LogP contribution in [0.5, 0.6) is 0 Å². The molecule has 2 N–H and O–H groups in total. The highest BCUT2D eigenvalue weighted by atomic mass is 32.1. The molecular formula is C15H19N3O3S. The molecule has 1 amide bonds. The first-order chi connectivity index (χ1) is 10.6. The molecule has 0 atom stereocenters. The average molecular weight is 321 g/mol. The predicted molar refractivity (Wildman–Crippen MR) is 87.8 cm³/mol. The summed E-state index contributed by atoms with van der Waals surface area (Å²) in [6.07, 6.45) is 6.98. The minimum absolute atomic E-state index is 0.0456. The third kappa shape index (κ3) is 4.77. The standard InChI is InChI=1S/C15H19N3O3S/c19-14(11-7-9-13(10-8-11)18(20)21)17-15(22)16-12-5-3-1-2-4-6-12/h7-10,12H,1-6H2,(H2,16,17,19,22). The lowest BCUT2D eigenvalue weighted by Gasteiger charge is -2.18. The smallest absolute Gasteiger partial charge is 0.269 e. The van der Waals surface area contributed by atoms with Gasteiger partial charge in [0.2, 0.25) is 0 Å². The van der Waals surface area contributed by atoms with E-state index in [0.717, 1.165) is 12.8 Å². The lowest BCUT2D eigenvalue weighted by molar-refractivity contribution is -0.384. The fourth-order valence-electron chi connectivity index (χ4n) is 2.55. The van der Waals surface area contributed by atoms with Gasteiger partial charge in [-0.3, -0.25) is 20.2 Å². The minimum Gasteiger partial charge on any atom is -0.360 e. The van der Waals surface area contributed by atoms with E-state index < -0.39 is 4.92 Å². The van der Waals surface area contributed by atoms with Gasteiger partial charge < -0.3 is 5.32 Å². The van der Waals surface area contributed by atoms with Crippen molar-refractivity contribution in [1.82, 2.24) is 10.6 Å². The summed E-state index contributed by atoms with van der Waals surface area (Å²) in [4.78, 5) is 22.1. The van der Waals surface area contributed by atoms with Gasteiger partial charge in [-0.15, -0.1) is 0 Å². The van der Waals surface area contributed by atoms with Crippen LogP contribution in [0.3, 0.4) is 0 Å². The summed E-state index contributed by atoms with van der Waals surface area (Å²) in [5, 5.41) is 16.7. The molecule has 0 aliphatic heterocycles. The molecule has 2 rings (SSSR count). The van der Waals surface area contributed by atoms with Crippen LogP contribution in [0.4, 0.5) is 5.69 Å². The number of amides is 1. The van der Waals surface area contributed by atoms with E-state index in [0.29, 0.717) is 16.7 Å². The molecule has 0 heterocycles. The van der Waals surface area contributed by atoms with Crippen LogP contribution in [0.2, 0.25) is 0 Å². The number of nitro benzene ring substituents is 1. The van der Waals surface area contributed by atoms with Crippen LogP contribution in [0.25, 0.3) is 0 Å². The molecule has 0 spiro atoms. The molecule has 1 fully saturated rings. The quantitative estimate of drug-likeness (QED) is 0.387. The van der Waals surface area contributed by atoms with Gasteiger partial charge in [0.05, 0.1) is 4.92 Å². The number of rotatable bonds is 3. The Bertz CT molecular complexity index is 552. The number of carbonyl (C=O) groups excluding carboxylic acids is 1. The van der Waals surface area contributed by atoms with Crippen LogP contribution in [-0.4, -0.2) is 22.0 Å². The molecule has 0 saturated heterocycles. The van der Waals surface area contributed by atoms with Crippen LogP contribution >= 0.6 is 12.2 Å². The fraction of sp³-hybridized carbons (Fsp3) is 0.467. The van der Waals surface area contributed by atoms with E-state index in [1.165, 1.54) is 49.9 Å². The SMILES string of the molecule is O=C(NC(=S)NC1CCCCCC1)c1ccc([N+](=O)[O-])cc1. The van der Waals surface area contributed by atoms with E-state index in [4.69, 9.17) is 12.2 Å². The fourth-order valence-corrected chi connectivity index (χ4v) is 2.81. The van der Waals surface area contributed by atoms with Gasteiger partial charge in [-0.05, 0) is 37.2 Å². The third-order valence-corrected chi connectivity index (χ3v) is 3.98. The summed E-state index contributed by atoms with van der Waals surface area (Å²) in [6.45, 7) is 0. The van der Waals surface area contributed by atoms with E-state index in [-0.39, 0.29) is 11.6 Å². The number of hydrogen-bond donors (Lipinski definition) is 2. The van der Waals surface area contributed by atoms with E-state index in [9.17, 15) is 14.9 Å². The normalized spacial score (nSPS) is 15.6. The molecule has 1 saturated carbocycles. The first-order valence-electron chi connectivity index (χ1n) is 7.42. The molecule has 0 unspecified atom stereocenters. The number of hydrogen-bond acceptors (Lipinski definition) is 4. The van der Waals surface area contributed by atoms with Crippen molar-refractivity contribution in [2.75, 3.05) is 0 Å². The van der Waals surface area contributed by atoms with Crippen LogP contribution in [0.1, 0.15) is 48.9 Å². The van der Waals surface area contributed by atoms with E-state index in [2.05, 4.69) is 10.6 Å². The summed E-state index contributed by atoms with van der Waals surface area (Å²) >= 11 is 5.17. The van der Waals surface area contributed by atoms with Crippen molar-refractivity contribution in [1.29, 1.82) is 0 Å².